The van der Waals surface area contributed by atoms with Gasteiger partial charge in [-0.1, -0.05) is 36.4 Å². The number of hydrogen-bond donors (Lipinski definition) is 2. The van der Waals surface area contributed by atoms with E-state index < -0.39 is 0 Å². The Morgan fingerprint density at radius 3 is 2.94 bits per heavy atom. The third kappa shape index (κ3) is 3.66. The molecule has 0 aliphatic carbocycles. The summed E-state index contributed by atoms with van der Waals surface area (Å²) in [6, 6.07) is 18.3. The molecule has 0 saturated carbocycles. The molecule has 0 radical (unpaired) electrons. The van der Waals surface area contributed by atoms with Gasteiger partial charge in [0.1, 0.15) is 17.5 Å². The van der Waals surface area contributed by atoms with Gasteiger partial charge in [-0.2, -0.15) is 0 Å². The van der Waals surface area contributed by atoms with Crippen LogP contribution in [0.3, 0.4) is 0 Å². The average Bonchev–Trinajstić information content (AvgIpc) is 3.52. The molecule has 7 heteroatoms. The van der Waals surface area contributed by atoms with Crippen molar-refractivity contribution >= 4 is 27.7 Å². The van der Waals surface area contributed by atoms with Crippen molar-refractivity contribution in [2.75, 3.05) is 19.8 Å². The predicted octanol–water partition coefficient (Wildman–Crippen LogP) is 4.25. The number of pyridine rings is 1. The van der Waals surface area contributed by atoms with Gasteiger partial charge in [-0.3, -0.25) is 4.79 Å². The lowest BCUT2D eigenvalue weighted by atomic mass is 10.1. The van der Waals surface area contributed by atoms with E-state index in [1.165, 1.54) is 10.8 Å². The van der Waals surface area contributed by atoms with Crippen molar-refractivity contribution in [1.29, 1.82) is 0 Å². The van der Waals surface area contributed by atoms with Crippen LogP contribution in [0.25, 0.3) is 33.1 Å². The zero-order valence-corrected chi connectivity index (χ0v) is 18.0. The molecule has 2 aromatic carbocycles. The second kappa shape index (κ2) is 8.18. The van der Waals surface area contributed by atoms with Crippen LogP contribution in [0.1, 0.15) is 17.4 Å². The Labute approximate surface area is 190 Å². The second-order valence-corrected chi connectivity index (χ2v) is 8.31. The molecule has 0 spiro atoms. The number of carbonyl (C=O) groups is 1. The maximum absolute atomic E-state index is 13.3. The highest BCUT2D eigenvalue weighted by Gasteiger charge is 2.31. The molecule has 1 atom stereocenters. The minimum atomic E-state index is -0.246. The van der Waals surface area contributed by atoms with Crippen molar-refractivity contribution in [1.82, 2.24) is 24.8 Å². The highest BCUT2D eigenvalue weighted by atomic mass is 16.5. The summed E-state index contributed by atoms with van der Waals surface area (Å²) in [5.41, 5.74) is 3.74. The van der Waals surface area contributed by atoms with Gasteiger partial charge >= 0.3 is 0 Å². The normalized spacial score (nSPS) is 16.5. The molecule has 1 unspecified atom stereocenters. The molecule has 1 aliphatic rings. The molecule has 1 fully saturated rings. The molecule has 4 heterocycles. The number of H-pyrrole nitrogens is 2. The molecule has 6 rings (SSSR count). The fraction of sp³-hybridized carbons (Fsp3) is 0.192. The van der Waals surface area contributed by atoms with Gasteiger partial charge in [0.2, 0.25) is 5.91 Å². The van der Waals surface area contributed by atoms with Crippen LogP contribution in [0.15, 0.2) is 73.2 Å². The van der Waals surface area contributed by atoms with Crippen LogP contribution in [0, 0.1) is 0 Å². The smallest absolute Gasteiger partial charge is 0.227 e. The lowest BCUT2D eigenvalue weighted by Crippen LogP contribution is -2.44. The number of hydrogen-bond acceptors (Lipinski definition) is 4. The summed E-state index contributed by atoms with van der Waals surface area (Å²) >= 11 is 0. The average molecular weight is 438 g/mol. The van der Waals surface area contributed by atoms with E-state index >= 15 is 0 Å². The molecule has 7 nitrogen and oxygen atoms in total. The first-order valence-corrected chi connectivity index (χ1v) is 11.1. The van der Waals surface area contributed by atoms with E-state index in [1.54, 1.807) is 6.20 Å². The Morgan fingerprint density at radius 2 is 2.00 bits per heavy atom. The molecular formula is C26H23N5O2. The van der Waals surface area contributed by atoms with Crippen LogP contribution in [0.5, 0.6) is 0 Å². The van der Waals surface area contributed by atoms with Gasteiger partial charge in [0.25, 0.3) is 0 Å². The summed E-state index contributed by atoms with van der Waals surface area (Å²) in [5, 5.41) is 3.36. The van der Waals surface area contributed by atoms with E-state index in [9.17, 15) is 4.79 Å². The van der Waals surface area contributed by atoms with Crippen LogP contribution < -0.4 is 0 Å². The summed E-state index contributed by atoms with van der Waals surface area (Å²) in [6.45, 7) is 1.48. The largest absolute Gasteiger partial charge is 0.377 e. The Bertz CT molecular complexity index is 1450. The third-order valence-corrected chi connectivity index (χ3v) is 6.30. The van der Waals surface area contributed by atoms with E-state index in [-0.39, 0.29) is 11.9 Å². The maximum atomic E-state index is 13.3. The van der Waals surface area contributed by atoms with E-state index in [0.29, 0.717) is 26.2 Å². The van der Waals surface area contributed by atoms with Crippen molar-refractivity contribution in [3.05, 3.63) is 84.6 Å². The zero-order valence-electron chi connectivity index (χ0n) is 18.0. The molecule has 1 amide bonds. The minimum Gasteiger partial charge on any atom is -0.377 e. The molecular weight excluding hydrogens is 414 g/mol. The van der Waals surface area contributed by atoms with Crippen LogP contribution in [0.4, 0.5) is 0 Å². The number of imidazole rings is 1. The van der Waals surface area contributed by atoms with Gasteiger partial charge in [0, 0.05) is 29.9 Å². The second-order valence-electron chi connectivity index (χ2n) is 8.31. The standard InChI is InChI=1S/C26H23N5O2/c32-24(13-20-14-28-25-21(20)6-3-9-27-25)31-10-11-33-16-23(31)26-29-15-22(30-26)19-8-7-17-4-1-2-5-18(17)12-19/h1-9,12,14-15,23H,10-11,13,16H2,(H,27,28)(H,29,30). The molecule has 164 valence electrons. The fourth-order valence-corrected chi connectivity index (χ4v) is 4.56. The van der Waals surface area contributed by atoms with Crippen molar-refractivity contribution in [3.8, 4) is 11.3 Å². The fourth-order valence-electron chi connectivity index (χ4n) is 4.56. The van der Waals surface area contributed by atoms with Gasteiger partial charge in [-0.05, 0) is 34.5 Å². The van der Waals surface area contributed by atoms with Gasteiger partial charge in [0.15, 0.2) is 0 Å². The number of benzene rings is 2. The summed E-state index contributed by atoms with van der Waals surface area (Å²) in [5.74, 6) is 0.795. The first-order chi connectivity index (χ1) is 16.3. The Kier molecular flexibility index (Phi) is 4.88. The monoisotopic (exact) mass is 437 g/mol. The molecule has 2 N–H and O–H groups in total. The van der Waals surface area contributed by atoms with E-state index in [4.69, 9.17) is 4.74 Å². The Morgan fingerprint density at radius 1 is 1.09 bits per heavy atom. The number of rotatable bonds is 4. The molecule has 3 aromatic heterocycles. The van der Waals surface area contributed by atoms with Gasteiger partial charge in [-0.15, -0.1) is 0 Å². The number of amides is 1. The number of morpholine rings is 1. The third-order valence-electron chi connectivity index (χ3n) is 6.30. The molecule has 5 aromatic rings. The summed E-state index contributed by atoms with van der Waals surface area (Å²) in [4.78, 5) is 30.7. The maximum Gasteiger partial charge on any atom is 0.227 e. The van der Waals surface area contributed by atoms with Crippen molar-refractivity contribution in [2.24, 2.45) is 0 Å². The van der Waals surface area contributed by atoms with E-state index in [0.717, 1.165) is 33.7 Å². The molecule has 1 saturated heterocycles. The lowest BCUT2D eigenvalue weighted by molar-refractivity contribution is -0.139. The molecule has 0 bridgehead atoms. The predicted molar refractivity (Wildman–Crippen MR) is 127 cm³/mol. The highest BCUT2D eigenvalue weighted by molar-refractivity contribution is 5.88. The van der Waals surface area contributed by atoms with Gasteiger partial charge in [0.05, 0.1) is 31.5 Å². The summed E-state index contributed by atoms with van der Waals surface area (Å²) < 4.78 is 5.72. The number of nitrogens with zero attached hydrogens (tertiary/aromatic N) is 3. The number of ether oxygens (including phenoxy) is 1. The SMILES string of the molecule is O=C(Cc1c[nH]c2ncccc12)N1CCOCC1c1ncc(-c2ccc3ccccc3c2)[nH]1. The first-order valence-electron chi connectivity index (χ1n) is 11.1. The van der Waals surface area contributed by atoms with Crippen LogP contribution >= 0.6 is 0 Å². The van der Waals surface area contributed by atoms with Crippen LogP contribution in [-0.2, 0) is 16.0 Å². The van der Waals surface area contributed by atoms with Crippen molar-refractivity contribution in [3.63, 3.8) is 0 Å². The lowest BCUT2D eigenvalue weighted by Gasteiger charge is -2.34. The number of carbonyl (C=O) groups excluding carboxylic acids is 1. The Hall–Kier alpha value is -3.97. The minimum absolute atomic E-state index is 0.0525. The van der Waals surface area contributed by atoms with Gasteiger partial charge < -0.3 is 19.6 Å². The van der Waals surface area contributed by atoms with Crippen LogP contribution in [0.2, 0.25) is 0 Å². The van der Waals surface area contributed by atoms with Crippen molar-refractivity contribution < 1.29 is 9.53 Å². The molecule has 33 heavy (non-hydrogen) atoms. The number of nitrogens with one attached hydrogen (secondary N) is 2. The topological polar surface area (TPSA) is 86.9 Å². The number of aromatic amines is 2. The van der Waals surface area contributed by atoms with E-state index in [2.05, 4.69) is 50.3 Å². The molecule has 1 aliphatic heterocycles. The first kappa shape index (κ1) is 19.7. The van der Waals surface area contributed by atoms with E-state index in [1.807, 2.05) is 41.6 Å². The quantitative estimate of drug-likeness (QED) is 0.440. The van der Waals surface area contributed by atoms with Crippen molar-refractivity contribution in [2.45, 2.75) is 12.5 Å². The zero-order chi connectivity index (χ0) is 22.2. The van der Waals surface area contributed by atoms with Gasteiger partial charge in [-0.25, -0.2) is 9.97 Å². The summed E-state index contributed by atoms with van der Waals surface area (Å²) in [6.07, 6.45) is 5.75. The number of aromatic nitrogens is 4. The van der Waals surface area contributed by atoms with Crippen LogP contribution in [-0.4, -0.2) is 50.5 Å². The summed E-state index contributed by atoms with van der Waals surface area (Å²) in [7, 11) is 0. The number of fused-ring (bicyclic) bond motifs is 2. The highest BCUT2D eigenvalue weighted by Crippen LogP contribution is 2.28. The Balaban J connectivity index is 1.26.